The van der Waals surface area contributed by atoms with Crippen LogP contribution in [0.15, 0.2) is 58.5 Å². The van der Waals surface area contributed by atoms with Gasteiger partial charge in [-0.3, -0.25) is 9.59 Å². The highest BCUT2D eigenvalue weighted by Gasteiger charge is 2.34. The number of piperazine rings is 1. The summed E-state index contributed by atoms with van der Waals surface area (Å²) in [6, 6.07) is 14.4. The van der Waals surface area contributed by atoms with Crippen LogP contribution in [0.4, 0.5) is 5.82 Å². The lowest BCUT2D eigenvalue weighted by Crippen LogP contribution is -2.49. The molecule has 1 aromatic heterocycles. The largest absolute Gasteiger partial charge is 0.353 e. The predicted octanol–water partition coefficient (Wildman–Crippen LogP) is 2.74. The molecule has 2 unspecified atom stereocenters. The van der Waals surface area contributed by atoms with Crippen molar-refractivity contribution in [1.29, 1.82) is 5.26 Å². The van der Waals surface area contributed by atoms with E-state index in [-0.39, 0.29) is 40.7 Å². The summed E-state index contributed by atoms with van der Waals surface area (Å²) in [5, 5.41) is 11.3. The molecule has 202 valence electrons. The zero-order valence-corrected chi connectivity index (χ0v) is 22.9. The lowest BCUT2D eigenvalue weighted by Gasteiger charge is -2.35. The van der Waals surface area contributed by atoms with E-state index in [9.17, 15) is 18.0 Å². The van der Waals surface area contributed by atoms with E-state index >= 15 is 0 Å². The molecule has 9 nitrogen and oxygen atoms in total. The van der Waals surface area contributed by atoms with E-state index in [1.165, 1.54) is 11.8 Å². The molecule has 1 saturated carbocycles. The standard InChI is InChI=1S/C27H33N5O4S2/c28-12-14-30-27(34)24-6-2-1-5-21(24)20-38(35,36)23-10-8-22(9-11-23)37-19-26(33)32-17-15-31(16-18-32)25-7-3-4-13-29-25/h3-4,7-11,13,21,24H,1-2,5-6,14-20H2,(H,30,34). The number of benzene rings is 1. The molecule has 2 amide bonds. The summed E-state index contributed by atoms with van der Waals surface area (Å²) in [5.74, 6) is 0.289. The minimum absolute atomic E-state index is 0.0605. The van der Waals surface area contributed by atoms with Crippen LogP contribution in [0.1, 0.15) is 25.7 Å². The van der Waals surface area contributed by atoms with Crippen molar-refractivity contribution in [2.75, 3.05) is 49.1 Å². The van der Waals surface area contributed by atoms with Gasteiger partial charge in [-0.05, 0) is 55.2 Å². The Morgan fingerprint density at radius 3 is 2.47 bits per heavy atom. The Labute approximate surface area is 228 Å². The van der Waals surface area contributed by atoms with Crippen LogP contribution in [0.2, 0.25) is 0 Å². The van der Waals surface area contributed by atoms with Crippen LogP contribution in [0, 0.1) is 23.2 Å². The highest BCUT2D eigenvalue weighted by Crippen LogP contribution is 2.33. The molecule has 4 rings (SSSR count). The number of nitrogens with zero attached hydrogens (tertiary/aromatic N) is 4. The van der Waals surface area contributed by atoms with Crippen molar-refractivity contribution in [3.8, 4) is 6.07 Å². The van der Waals surface area contributed by atoms with Crippen LogP contribution in [-0.4, -0.2) is 74.3 Å². The van der Waals surface area contributed by atoms with Gasteiger partial charge in [0.25, 0.3) is 0 Å². The van der Waals surface area contributed by atoms with E-state index in [2.05, 4.69) is 15.2 Å². The number of hydrogen-bond acceptors (Lipinski definition) is 8. The quantitative estimate of drug-likeness (QED) is 0.370. The second-order valence-electron chi connectivity index (χ2n) is 9.62. The molecular formula is C27H33N5O4S2. The summed E-state index contributed by atoms with van der Waals surface area (Å²) >= 11 is 1.40. The minimum Gasteiger partial charge on any atom is -0.353 e. The molecule has 0 spiro atoms. The second-order valence-corrected chi connectivity index (χ2v) is 12.7. The number of amides is 2. The summed E-state index contributed by atoms with van der Waals surface area (Å²) in [6.07, 6.45) is 4.86. The Balaban J connectivity index is 1.28. The van der Waals surface area contributed by atoms with Gasteiger partial charge in [-0.2, -0.15) is 5.26 Å². The summed E-state index contributed by atoms with van der Waals surface area (Å²) < 4.78 is 26.3. The number of rotatable bonds is 9. The molecule has 2 heterocycles. The monoisotopic (exact) mass is 555 g/mol. The van der Waals surface area contributed by atoms with E-state index in [0.717, 1.165) is 36.6 Å². The second kappa shape index (κ2) is 13.1. The molecule has 11 heteroatoms. The number of carbonyl (C=O) groups is 2. The average molecular weight is 556 g/mol. The van der Waals surface area contributed by atoms with E-state index < -0.39 is 15.8 Å². The maximum atomic E-state index is 13.1. The number of hydrogen-bond donors (Lipinski definition) is 1. The third-order valence-electron chi connectivity index (χ3n) is 7.17. The third-order valence-corrected chi connectivity index (χ3v) is 10.0. The molecule has 1 aliphatic heterocycles. The molecule has 38 heavy (non-hydrogen) atoms. The van der Waals surface area contributed by atoms with Gasteiger partial charge in [0, 0.05) is 43.2 Å². The first-order chi connectivity index (χ1) is 18.4. The first-order valence-corrected chi connectivity index (χ1v) is 15.6. The molecule has 2 aromatic rings. The molecule has 1 saturated heterocycles. The van der Waals surface area contributed by atoms with E-state index in [1.807, 2.05) is 29.2 Å². The smallest absolute Gasteiger partial charge is 0.233 e. The van der Waals surface area contributed by atoms with Crippen molar-refractivity contribution in [3.63, 3.8) is 0 Å². The van der Waals surface area contributed by atoms with E-state index in [4.69, 9.17) is 5.26 Å². The zero-order chi connectivity index (χ0) is 27.0. The minimum atomic E-state index is -3.58. The van der Waals surface area contributed by atoms with Gasteiger partial charge in [0.1, 0.15) is 12.4 Å². The van der Waals surface area contributed by atoms with Crippen LogP contribution in [0.25, 0.3) is 0 Å². The van der Waals surface area contributed by atoms with Gasteiger partial charge in [0.2, 0.25) is 11.8 Å². The number of nitriles is 1. The molecule has 2 aliphatic rings. The van der Waals surface area contributed by atoms with Crippen LogP contribution in [0.5, 0.6) is 0 Å². The summed E-state index contributed by atoms with van der Waals surface area (Å²) in [7, 11) is -3.58. The van der Waals surface area contributed by atoms with E-state index in [0.29, 0.717) is 25.9 Å². The summed E-state index contributed by atoms with van der Waals surface area (Å²) in [5.41, 5.74) is 0. The van der Waals surface area contributed by atoms with Crippen molar-refractivity contribution in [1.82, 2.24) is 15.2 Å². The Bertz CT molecular complexity index is 1240. The number of pyridine rings is 1. The lowest BCUT2D eigenvalue weighted by molar-refractivity contribution is -0.129. The SMILES string of the molecule is N#CCNC(=O)C1CCCCC1CS(=O)(=O)c1ccc(SCC(=O)N2CCN(c3ccccn3)CC2)cc1. The van der Waals surface area contributed by atoms with Crippen LogP contribution >= 0.6 is 11.8 Å². The molecule has 0 bridgehead atoms. The topological polar surface area (TPSA) is 123 Å². The van der Waals surface area contributed by atoms with Gasteiger partial charge < -0.3 is 15.1 Å². The molecule has 1 aliphatic carbocycles. The van der Waals surface area contributed by atoms with Crippen LogP contribution in [-0.2, 0) is 19.4 Å². The predicted molar refractivity (Wildman–Crippen MR) is 146 cm³/mol. The summed E-state index contributed by atoms with van der Waals surface area (Å²) in [4.78, 5) is 34.7. The fraction of sp³-hybridized carbons (Fsp3) is 0.481. The number of thioether (sulfide) groups is 1. The first-order valence-electron chi connectivity index (χ1n) is 12.9. The Morgan fingerprint density at radius 2 is 1.79 bits per heavy atom. The van der Waals surface area contributed by atoms with Crippen LogP contribution < -0.4 is 10.2 Å². The highest BCUT2D eigenvalue weighted by molar-refractivity contribution is 8.00. The van der Waals surface area contributed by atoms with Crippen molar-refractivity contribution in [2.24, 2.45) is 11.8 Å². The van der Waals surface area contributed by atoms with E-state index in [1.54, 1.807) is 30.5 Å². The molecule has 2 atom stereocenters. The van der Waals surface area contributed by atoms with Gasteiger partial charge in [-0.25, -0.2) is 13.4 Å². The van der Waals surface area contributed by atoms with Gasteiger partial charge >= 0.3 is 0 Å². The first kappa shape index (κ1) is 27.9. The number of anilines is 1. The van der Waals surface area contributed by atoms with Crippen molar-refractivity contribution < 1.29 is 18.0 Å². The normalized spacial score (nSPS) is 20.0. The van der Waals surface area contributed by atoms with Gasteiger partial charge in [0.05, 0.1) is 22.5 Å². The van der Waals surface area contributed by atoms with Crippen molar-refractivity contribution in [3.05, 3.63) is 48.7 Å². The lowest BCUT2D eigenvalue weighted by atomic mass is 9.80. The number of carbonyl (C=O) groups excluding carboxylic acids is 2. The summed E-state index contributed by atoms with van der Waals surface area (Å²) in [6.45, 7) is 2.69. The molecule has 0 radical (unpaired) electrons. The molecule has 2 fully saturated rings. The number of aromatic nitrogens is 1. The Kier molecular flexibility index (Phi) is 9.63. The Hall–Kier alpha value is -3.10. The number of sulfone groups is 1. The van der Waals surface area contributed by atoms with Gasteiger partial charge in [-0.15, -0.1) is 11.8 Å². The maximum Gasteiger partial charge on any atom is 0.233 e. The third kappa shape index (κ3) is 7.26. The van der Waals surface area contributed by atoms with Gasteiger partial charge in [0.15, 0.2) is 9.84 Å². The fourth-order valence-electron chi connectivity index (χ4n) is 5.09. The zero-order valence-electron chi connectivity index (χ0n) is 21.3. The van der Waals surface area contributed by atoms with Crippen LogP contribution in [0.3, 0.4) is 0 Å². The van der Waals surface area contributed by atoms with Gasteiger partial charge in [-0.1, -0.05) is 18.9 Å². The highest BCUT2D eigenvalue weighted by atomic mass is 32.2. The fourth-order valence-corrected chi connectivity index (χ4v) is 7.60. The average Bonchev–Trinajstić information content (AvgIpc) is 2.95. The number of nitrogens with one attached hydrogen (secondary N) is 1. The van der Waals surface area contributed by atoms with Crippen molar-refractivity contribution in [2.45, 2.75) is 35.5 Å². The Morgan fingerprint density at radius 1 is 1.05 bits per heavy atom. The molecule has 1 N–H and O–H groups in total. The molecule has 1 aromatic carbocycles. The molecular weight excluding hydrogens is 522 g/mol. The van der Waals surface area contributed by atoms with Crippen molar-refractivity contribution >= 4 is 39.2 Å². The maximum absolute atomic E-state index is 13.1.